The Morgan fingerprint density at radius 3 is 3.07 bits per heavy atom. The maximum atomic E-state index is 5.67. The molecule has 1 atom stereocenters. The van der Waals surface area contributed by atoms with Crippen molar-refractivity contribution in [1.29, 1.82) is 0 Å². The van der Waals surface area contributed by atoms with Crippen LogP contribution in [0.2, 0.25) is 0 Å². The summed E-state index contributed by atoms with van der Waals surface area (Å²) in [5.41, 5.74) is 7.99. The molecule has 0 aliphatic rings. The summed E-state index contributed by atoms with van der Waals surface area (Å²) in [7, 11) is 2.02. The predicted molar refractivity (Wildman–Crippen MR) is 58.2 cm³/mol. The molecule has 2 heterocycles. The van der Waals surface area contributed by atoms with Crippen molar-refractivity contribution in [3.8, 4) is 0 Å². The zero-order chi connectivity index (χ0) is 10.1. The van der Waals surface area contributed by atoms with Crippen LogP contribution < -0.4 is 5.73 Å². The second-order valence-corrected chi connectivity index (χ2v) is 3.71. The summed E-state index contributed by atoms with van der Waals surface area (Å²) >= 11 is 0. The Kier molecular flexibility index (Phi) is 2.25. The van der Waals surface area contributed by atoms with Gasteiger partial charge < -0.3 is 10.3 Å². The number of nitrogens with two attached hydrogens (primary N) is 1. The Morgan fingerprint density at radius 1 is 1.57 bits per heavy atom. The number of fused-ring (bicyclic) bond motifs is 1. The van der Waals surface area contributed by atoms with Crippen molar-refractivity contribution in [3.63, 3.8) is 0 Å². The first-order chi connectivity index (χ1) is 6.74. The summed E-state index contributed by atoms with van der Waals surface area (Å²) in [5.74, 6) is 0.392. The normalized spacial score (nSPS) is 13.4. The summed E-state index contributed by atoms with van der Waals surface area (Å²) in [6, 6.07) is 4.07. The van der Waals surface area contributed by atoms with Crippen molar-refractivity contribution in [3.05, 3.63) is 30.1 Å². The number of hydrogen-bond acceptors (Lipinski definition) is 2. The minimum atomic E-state index is 0.392. The molecule has 2 rings (SSSR count). The van der Waals surface area contributed by atoms with Gasteiger partial charge in [-0.1, -0.05) is 6.92 Å². The highest BCUT2D eigenvalue weighted by molar-refractivity contribution is 5.80. The van der Waals surface area contributed by atoms with Crippen LogP contribution in [-0.2, 0) is 7.05 Å². The number of nitrogens with zero attached hydrogens (tertiary/aromatic N) is 2. The van der Waals surface area contributed by atoms with E-state index in [1.807, 2.05) is 19.3 Å². The largest absolute Gasteiger partial charge is 0.335 e. The van der Waals surface area contributed by atoms with E-state index in [-0.39, 0.29) is 0 Å². The molecule has 74 valence electrons. The SMILES string of the molecule is CC(CN)c1cn(C)c2ncccc12. The third-order valence-electron chi connectivity index (χ3n) is 2.65. The molecule has 0 aliphatic carbocycles. The van der Waals surface area contributed by atoms with E-state index in [2.05, 4.69) is 28.7 Å². The molecule has 0 aromatic carbocycles. The predicted octanol–water partition coefficient (Wildman–Crippen LogP) is 1.64. The van der Waals surface area contributed by atoms with Crippen LogP contribution >= 0.6 is 0 Å². The molecular formula is C11H15N3. The number of rotatable bonds is 2. The standard InChI is InChI=1S/C11H15N3/c1-8(6-12)10-7-14(2)11-9(10)4-3-5-13-11/h3-5,7-8H,6,12H2,1-2H3. The third kappa shape index (κ3) is 1.30. The molecule has 1 unspecified atom stereocenters. The van der Waals surface area contributed by atoms with Crippen molar-refractivity contribution in [2.24, 2.45) is 12.8 Å². The average molecular weight is 189 g/mol. The monoisotopic (exact) mass is 189 g/mol. The lowest BCUT2D eigenvalue weighted by Gasteiger charge is -2.05. The van der Waals surface area contributed by atoms with Crippen LogP contribution in [0.5, 0.6) is 0 Å². The van der Waals surface area contributed by atoms with Crippen LogP contribution in [0.3, 0.4) is 0 Å². The lowest BCUT2D eigenvalue weighted by atomic mass is 10.0. The highest BCUT2D eigenvalue weighted by atomic mass is 15.0. The van der Waals surface area contributed by atoms with Gasteiger partial charge >= 0.3 is 0 Å². The van der Waals surface area contributed by atoms with Gasteiger partial charge in [-0.2, -0.15) is 0 Å². The maximum Gasteiger partial charge on any atom is 0.139 e. The molecule has 0 amide bonds. The minimum absolute atomic E-state index is 0.392. The van der Waals surface area contributed by atoms with Crippen LogP contribution in [0, 0.1) is 0 Å². The topological polar surface area (TPSA) is 43.8 Å². The van der Waals surface area contributed by atoms with Gasteiger partial charge in [0.25, 0.3) is 0 Å². The first-order valence-electron chi connectivity index (χ1n) is 4.84. The van der Waals surface area contributed by atoms with E-state index in [9.17, 15) is 0 Å². The molecule has 14 heavy (non-hydrogen) atoms. The van der Waals surface area contributed by atoms with E-state index in [1.54, 1.807) is 0 Å². The first-order valence-corrected chi connectivity index (χ1v) is 4.84. The molecule has 2 N–H and O–H groups in total. The molecule has 0 spiro atoms. The molecule has 0 radical (unpaired) electrons. The molecule has 0 fully saturated rings. The van der Waals surface area contributed by atoms with Crippen LogP contribution in [0.15, 0.2) is 24.5 Å². The third-order valence-corrected chi connectivity index (χ3v) is 2.65. The fourth-order valence-corrected chi connectivity index (χ4v) is 1.76. The van der Waals surface area contributed by atoms with Crippen LogP contribution in [0.25, 0.3) is 11.0 Å². The lowest BCUT2D eigenvalue weighted by molar-refractivity contribution is 0.773. The second kappa shape index (κ2) is 3.42. The van der Waals surface area contributed by atoms with E-state index in [0.717, 1.165) is 5.65 Å². The molecule has 0 saturated heterocycles. The first kappa shape index (κ1) is 9.21. The Morgan fingerprint density at radius 2 is 2.36 bits per heavy atom. The van der Waals surface area contributed by atoms with Gasteiger partial charge in [0, 0.05) is 24.8 Å². The van der Waals surface area contributed by atoms with E-state index in [1.165, 1.54) is 10.9 Å². The Hall–Kier alpha value is -1.35. The lowest BCUT2D eigenvalue weighted by Crippen LogP contribution is -2.08. The zero-order valence-electron chi connectivity index (χ0n) is 8.57. The molecule has 0 saturated carbocycles. The van der Waals surface area contributed by atoms with Crippen molar-refractivity contribution >= 4 is 11.0 Å². The van der Waals surface area contributed by atoms with E-state index in [0.29, 0.717) is 12.5 Å². The Labute approximate surface area is 83.6 Å². The smallest absolute Gasteiger partial charge is 0.139 e. The minimum Gasteiger partial charge on any atom is -0.335 e. The zero-order valence-corrected chi connectivity index (χ0v) is 8.57. The molecule has 2 aromatic rings. The molecule has 0 bridgehead atoms. The van der Waals surface area contributed by atoms with Gasteiger partial charge in [0.15, 0.2) is 0 Å². The summed E-state index contributed by atoms with van der Waals surface area (Å²) in [6.45, 7) is 2.82. The van der Waals surface area contributed by atoms with Crippen molar-refractivity contribution < 1.29 is 0 Å². The summed E-state index contributed by atoms with van der Waals surface area (Å²) in [6.07, 6.45) is 3.94. The van der Waals surface area contributed by atoms with Gasteiger partial charge in [0.2, 0.25) is 0 Å². The van der Waals surface area contributed by atoms with Gasteiger partial charge in [-0.05, 0) is 30.2 Å². The quantitative estimate of drug-likeness (QED) is 0.780. The highest BCUT2D eigenvalue weighted by Crippen LogP contribution is 2.24. The Bertz CT molecular complexity index is 445. The van der Waals surface area contributed by atoms with Crippen molar-refractivity contribution in [1.82, 2.24) is 9.55 Å². The van der Waals surface area contributed by atoms with E-state index in [4.69, 9.17) is 5.73 Å². The number of aromatic nitrogens is 2. The van der Waals surface area contributed by atoms with Gasteiger partial charge in [-0.3, -0.25) is 0 Å². The number of aryl methyl sites for hydroxylation is 1. The van der Waals surface area contributed by atoms with Gasteiger partial charge in [-0.15, -0.1) is 0 Å². The summed E-state index contributed by atoms with van der Waals surface area (Å²) in [4.78, 5) is 4.34. The number of hydrogen-bond donors (Lipinski definition) is 1. The molecule has 2 aromatic heterocycles. The van der Waals surface area contributed by atoms with Gasteiger partial charge in [0.1, 0.15) is 5.65 Å². The van der Waals surface area contributed by atoms with Gasteiger partial charge in [-0.25, -0.2) is 4.98 Å². The Balaban J connectivity index is 2.66. The molecule has 3 nitrogen and oxygen atoms in total. The van der Waals surface area contributed by atoms with Gasteiger partial charge in [0.05, 0.1) is 0 Å². The van der Waals surface area contributed by atoms with Crippen LogP contribution in [0.4, 0.5) is 0 Å². The second-order valence-electron chi connectivity index (χ2n) is 3.71. The van der Waals surface area contributed by atoms with Crippen LogP contribution in [0.1, 0.15) is 18.4 Å². The molecule has 3 heteroatoms. The molecular weight excluding hydrogens is 174 g/mol. The van der Waals surface area contributed by atoms with E-state index >= 15 is 0 Å². The maximum absolute atomic E-state index is 5.67. The fourth-order valence-electron chi connectivity index (χ4n) is 1.76. The number of pyridine rings is 1. The van der Waals surface area contributed by atoms with Crippen molar-refractivity contribution in [2.75, 3.05) is 6.54 Å². The average Bonchev–Trinajstić information content (AvgIpc) is 2.56. The summed E-state index contributed by atoms with van der Waals surface area (Å²) in [5, 5.41) is 1.22. The van der Waals surface area contributed by atoms with E-state index < -0.39 is 0 Å². The van der Waals surface area contributed by atoms with Crippen LogP contribution in [-0.4, -0.2) is 16.1 Å². The fraction of sp³-hybridized carbons (Fsp3) is 0.364. The highest BCUT2D eigenvalue weighted by Gasteiger charge is 2.11. The summed E-state index contributed by atoms with van der Waals surface area (Å²) < 4.78 is 2.05. The molecule has 0 aliphatic heterocycles. The van der Waals surface area contributed by atoms with Crippen molar-refractivity contribution in [2.45, 2.75) is 12.8 Å².